The van der Waals surface area contributed by atoms with Crippen LogP contribution in [-0.4, -0.2) is 37.8 Å². The van der Waals surface area contributed by atoms with Crippen LogP contribution in [0.15, 0.2) is 44.4 Å². The molecule has 0 radical (unpaired) electrons. The van der Waals surface area contributed by atoms with Gasteiger partial charge in [-0.05, 0) is 38.1 Å². The molecule has 5 heterocycles. The smallest absolute Gasteiger partial charge is 0.263 e. The first kappa shape index (κ1) is 15.1. The van der Waals surface area contributed by atoms with E-state index in [2.05, 4.69) is 25.5 Å². The molecule has 132 valence electrons. The van der Waals surface area contributed by atoms with Gasteiger partial charge in [0.25, 0.3) is 11.4 Å². The van der Waals surface area contributed by atoms with Gasteiger partial charge in [0, 0.05) is 12.0 Å². The highest BCUT2D eigenvalue weighted by Gasteiger charge is 2.23. The van der Waals surface area contributed by atoms with Gasteiger partial charge >= 0.3 is 0 Å². The highest BCUT2D eigenvalue weighted by Crippen LogP contribution is 2.28. The molecule has 5 rings (SSSR count). The molecular weight excluding hydrogens is 336 g/mol. The second-order valence-electron chi connectivity index (χ2n) is 6.30. The lowest BCUT2D eigenvalue weighted by Gasteiger charge is -2.23. The highest BCUT2D eigenvalue weighted by atomic mass is 16.5. The molecule has 26 heavy (non-hydrogen) atoms. The van der Waals surface area contributed by atoms with E-state index >= 15 is 0 Å². The SMILES string of the molecule is O=c1cc(C2CCNCC2)n2ncc(-c3nc(-c4ccco4)no3)c2[nH]1. The molecule has 4 aromatic heterocycles. The Balaban J connectivity index is 1.61. The van der Waals surface area contributed by atoms with Gasteiger partial charge in [0.2, 0.25) is 5.82 Å². The van der Waals surface area contributed by atoms with E-state index in [1.54, 1.807) is 35.2 Å². The van der Waals surface area contributed by atoms with E-state index in [0.717, 1.165) is 31.6 Å². The molecule has 0 amide bonds. The average molecular weight is 352 g/mol. The van der Waals surface area contributed by atoms with Crippen LogP contribution >= 0.6 is 0 Å². The quantitative estimate of drug-likeness (QED) is 0.578. The van der Waals surface area contributed by atoms with Crippen molar-refractivity contribution in [1.29, 1.82) is 0 Å². The summed E-state index contributed by atoms with van der Waals surface area (Å²) < 4.78 is 12.4. The topological polar surface area (TPSA) is 114 Å². The highest BCUT2D eigenvalue weighted by molar-refractivity contribution is 5.71. The Bertz CT molecular complexity index is 1100. The Morgan fingerprint density at radius 2 is 2.15 bits per heavy atom. The predicted octanol–water partition coefficient (Wildman–Crippen LogP) is 1.80. The molecule has 4 aromatic rings. The molecule has 1 aliphatic rings. The third-order valence-electron chi connectivity index (χ3n) is 4.69. The van der Waals surface area contributed by atoms with Crippen molar-refractivity contribution in [3.05, 3.63) is 46.7 Å². The molecule has 0 aromatic carbocycles. The van der Waals surface area contributed by atoms with Crippen LogP contribution in [-0.2, 0) is 0 Å². The van der Waals surface area contributed by atoms with Gasteiger partial charge in [-0.25, -0.2) is 4.52 Å². The van der Waals surface area contributed by atoms with Crippen molar-refractivity contribution in [2.75, 3.05) is 13.1 Å². The summed E-state index contributed by atoms with van der Waals surface area (Å²) in [4.78, 5) is 19.4. The number of nitrogens with one attached hydrogen (secondary N) is 2. The summed E-state index contributed by atoms with van der Waals surface area (Å²) in [6.45, 7) is 1.87. The largest absolute Gasteiger partial charge is 0.461 e. The maximum absolute atomic E-state index is 12.2. The van der Waals surface area contributed by atoms with Crippen LogP contribution in [0, 0.1) is 0 Å². The number of aromatic amines is 1. The molecule has 1 fully saturated rings. The van der Waals surface area contributed by atoms with E-state index in [1.165, 1.54) is 0 Å². The van der Waals surface area contributed by atoms with Crippen LogP contribution < -0.4 is 10.9 Å². The zero-order valence-corrected chi connectivity index (χ0v) is 13.8. The lowest BCUT2D eigenvalue weighted by Crippen LogP contribution is -2.28. The Morgan fingerprint density at radius 1 is 1.27 bits per heavy atom. The van der Waals surface area contributed by atoms with Crippen LogP contribution in [0.1, 0.15) is 24.5 Å². The summed E-state index contributed by atoms with van der Waals surface area (Å²) in [6.07, 6.45) is 5.12. The van der Waals surface area contributed by atoms with Crippen molar-refractivity contribution in [2.24, 2.45) is 0 Å². The van der Waals surface area contributed by atoms with Crippen molar-refractivity contribution in [1.82, 2.24) is 30.1 Å². The zero-order chi connectivity index (χ0) is 17.5. The van der Waals surface area contributed by atoms with Crippen molar-refractivity contribution in [2.45, 2.75) is 18.8 Å². The fraction of sp³-hybridized carbons (Fsp3) is 0.294. The van der Waals surface area contributed by atoms with Gasteiger partial charge in [0.1, 0.15) is 11.2 Å². The minimum Gasteiger partial charge on any atom is -0.461 e. The number of furan rings is 1. The molecule has 0 atom stereocenters. The zero-order valence-electron chi connectivity index (χ0n) is 13.8. The summed E-state index contributed by atoms with van der Waals surface area (Å²) in [5.41, 5.74) is 1.88. The number of nitrogens with zero attached hydrogens (tertiary/aromatic N) is 4. The van der Waals surface area contributed by atoms with Crippen molar-refractivity contribution < 1.29 is 8.94 Å². The van der Waals surface area contributed by atoms with Gasteiger partial charge in [-0.3, -0.25) is 4.79 Å². The van der Waals surface area contributed by atoms with Crippen LogP contribution in [0.4, 0.5) is 0 Å². The van der Waals surface area contributed by atoms with E-state index in [0.29, 0.717) is 22.8 Å². The molecule has 1 saturated heterocycles. The first-order valence-corrected chi connectivity index (χ1v) is 8.49. The Kier molecular flexibility index (Phi) is 3.45. The van der Waals surface area contributed by atoms with Crippen LogP contribution in [0.2, 0.25) is 0 Å². The first-order valence-electron chi connectivity index (χ1n) is 8.49. The standard InChI is InChI=1S/C17H16N6O3/c24-14-8-12(10-3-5-18-6-4-10)23-16(20-14)11(9-19-23)17-21-15(22-26-17)13-2-1-7-25-13/h1-2,7-10,18H,3-6H2,(H,20,24). The summed E-state index contributed by atoms with van der Waals surface area (Å²) in [5.74, 6) is 1.43. The van der Waals surface area contributed by atoms with Gasteiger partial charge in [-0.2, -0.15) is 10.1 Å². The van der Waals surface area contributed by atoms with E-state index < -0.39 is 0 Å². The molecule has 0 saturated carbocycles. The Morgan fingerprint density at radius 3 is 2.96 bits per heavy atom. The van der Waals surface area contributed by atoms with Crippen molar-refractivity contribution >= 4 is 5.65 Å². The minimum atomic E-state index is -0.168. The molecule has 1 aliphatic heterocycles. The molecule has 0 unspecified atom stereocenters. The van der Waals surface area contributed by atoms with Crippen LogP contribution in [0.25, 0.3) is 28.7 Å². The Labute approximate surface area is 147 Å². The molecule has 0 spiro atoms. The van der Waals surface area contributed by atoms with Crippen molar-refractivity contribution in [3.8, 4) is 23.0 Å². The summed E-state index contributed by atoms with van der Waals surface area (Å²) in [5, 5.41) is 11.7. The number of H-pyrrole nitrogens is 1. The predicted molar refractivity (Wildman–Crippen MR) is 91.7 cm³/mol. The first-order chi connectivity index (χ1) is 12.8. The number of rotatable bonds is 3. The summed E-state index contributed by atoms with van der Waals surface area (Å²) in [6, 6.07) is 5.13. The summed E-state index contributed by atoms with van der Waals surface area (Å²) >= 11 is 0. The van der Waals surface area contributed by atoms with E-state index in [4.69, 9.17) is 8.94 Å². The van der Waals surface area contributed by atoms with Gasteiger partial charge < -0.3 is 19.2 Å². The van der Waals surface area contributed by atoms with E-state index in [-0.39, 0.29) is 17.4 Å². The molecular formula is C17H16N6O3. The van der Waals surface area contributed by atoms with Gasteiger partial charge in [0.15, 0.2) is 5.76 Å². The fourth-order valence-electron chi connectivity index (χ4n) is 3.42. The average Bonchev–Trinajstić information content (AvgIpc) is 3.41. The normalized spacial score (nSPS) is 15.7. The van der Waals surface area contributed by atoms with Gasteiger partial charge in [-0.1, -0.05) is 5.16 Å². The molecule has 9 nitrogen and oxygen atoms in total. The van der Waals surface area contributed by atoms with Crippen molar-refractivity contribution in [3.63, 3.8) is 0 Å². The molecule has 2 N–H and O–H groups in total. The maximum Gasteiger partial charge on any atom is 0.263 e. The number of aromatic nitrogens is 5. The second-order valence-corrected chi connectivity index (χ2v) is 6.30. The van der Waals surface area contributed by atoms with Crippen LogP contribution in [0.3, 0.4) is 0 Å². The third kappa shape index (κ3) is 2.44. The van der Waals surface area contributed by atoms with Gasteiger partial charge in [0.05, 0.1) is 18.2 Å². The Hall–Kier alpha value is -3.20. The lowest BCUT2D eigenvalue weighted by molar-refractivity contribution is 0.430. The number of hydrogen-bond acceptors (Lipinski definition) is 7. The van der Waals surface area contributed by atoms with Crippen LogP contribution in [0.5, 0.6) is 0 Å². The molecule has 0 aliphatic carbocycles. The number of fused-ring (bicyclic) bond motifs is 1. The van der Waals surface area contributed by atoms with E-state index in [1.807, 2.05) is 0 Å². The minimum absolute atomic E-state index is 0.168. The maximum atomic E-state index is 12.2. The lowest BCUT2D eigenvalue weighted by atomic mass is 9.94. The molecule has 9 heteroatoms. The van der Waals surface area contributed by atoms with E-state index in [9.17, 15) is 4.79 Å². The molecule has 0 bridgehead atoms. The number of hydrogen-bond donors (Lipinski definition) is 2. The van der Waals surface area contributed by atoms with Gasteiger partial charge in [-0.15, -0.1) is 0 Å². The fourth-order valence-corrected chi connectivity index (χ4v) is 3.42. The summed E-state index contributed by atoms with van der Waals surface area (Å²) in [7, 11) is 0. The third-order valence-corrected chi connectivity index (χ3v) is 4.69. The monoisotopic (exact) mass is 352 g/mol. The second kappa shape index (κ2) is 5.95. The number of piperidine rings is 1.